The van der Waals surface area contributed by atoms with Gasteiger partial charge in [0.25, 0.3) is 0 Å². The lowest BCUT2D eigenvalue weighted by Gasteiger charge is -2.25. The highest BCUT2D eigenvalue weighted by Crippen LogP contribution is 2.39. The molecule has 2 aromatic rings. The molecule has 0 radical (unpaired) electrons. The number of aromatic nitrogens is 2. The van der Waals surface area contributed by atoms with Gasteiger partial charge in [-0.2, -0.15) is 4.98 Å². The molecule has 0 amide bonds. The summed E-state index contributed by atoms with van der Waals surface area (Å²) in [5.41, 5.74) is 2.18. The summed E-state index contributed by atoms with van der Waals surface area (Å²) in [5.74, 6) is 0.699. The Bertz CT molecular complexity index is 679. The molecule has 0 aliphatic carbocycles. The number of nitrogens with zero attached hydrogens (tertiary/aromatic N) is 5. The van der Waals surface area contributed by atoms with E-state index < -0.39 is 0 Å². The van der Waals surface area contributed by atoms with Gasteiger partial charge in [0, 0.05) is 25.0 Å². The van der Waals surface area contributed by atoms with E-state index in [1.165, 1.54) is 16.8 Å². The molecule has 0 fully saturated rings. The van der Waals surface area contributed by atoms with Crippen LogP contribution >= 0.6 is 22.9 Å². The smallest absolute Gasteiger partial charge is 0.213 e. The fraction of sp³-hybridized carbons (Fsp3) is 0.385. The Kier molecular flexibility index (Phi) is 4.14. The van der Waals surface area contributed by atoms with Gasteiger partial charge in [0.15, 0.2) is 5.82 Å². The van der Waals surface area contributed by atoms with Crippen LogP contribution in [0.1, 0.15) is 21.8 Å². The van der Waals surface area contributed by atoms with Gasteiger partial charge in [-0.05, 0) is 18.7 Å². The Hall–Kier alpha value is -1.57. The number of thiophene rings is 1. The maximum atomic E-state index is 6.23. The molecule has 0 unspecified atom stereocenters. The van der Waals surface area contributed by atoms with E-state index in [1.807, 2.05) is 0 Å². The van der Waals surface area contributed by atoms with Gasteiger partial charge in [0.1, 0.15) is 10.2 Å². The fourth-order valence-electron chi connectivity index (χ4n) is 2.47. The number of hydrogen-bond acceptors (Lipinski definition) is 7. The molecule has 0 saturated heterocycles. The summed E-state index contributed by atoms with van der Waals surface area (Å²) in [6.07, 6.45) is 2.26. The van der Waals surface area contributed by atoms with Crippen molar-refractivity contribution in [2.24, 2.45) is 9.98 Å². The van der Waals surface area contributed by atoms with Crippen molar-refractivity contribution in [3.63, 3.8) is 0 Å². The highest BCUT2D eigenvalue weighted by Gasteiger charge is 2.26. The molecule has 1 aliphatic rings. The van der Waals surface area contributed by atoms with E-state index in [-0.39, 0.29) is 0 Å². The minimum Gasteiger partial charge on any atom is -0.343 e. The van der Waals surface area contributed by atoms with Crippen molar-refractivity contribution in [1.82, 2.24) is 15.0 Å². The van der Waals surface area contributed by atoms with Gasteiger partial charge >= 0.3 is 0 Å². The summed E-state index contributed by atoms with van der Waals surface area (Å²) in [4.78, 5) is 15.8. The van der Waals surface area contributed by atoms with E-state index in [1.54, 1.807) is 18.4 Å². The third-order valence-corrected chi connectivity index (χ3v) is 4.94. The molecule has 0 spiro atoms. The average molecular weight is 324 g/mol. The molecule has 8 heteroatoms. The summed E-state index contributed by atoms with van der Waals surface area (Å²) in [7, 11) is 1.69. The van der Waals surface area contributed by atoms with Crippen LogP contribution in [-0.4, -0.2) is 40.5 Å². The predicted molar refractivity (Wildman–Crippen MR) is 84.0 cm³/mol. The number of fused-ring (bicyclic) bond motifs is 1. The molecule has 0 atom stereocenters. The van der Waals surface area contributed by atoms with E-state index in [0.29, 0.717) is 17.5 Å². The predicted octanol–water partition coefficient (Wildman–Crippen LogP) is 2.64. The molecular formula is C13H14ClN5OS. The van der Waals surface area contributed by atoms with Crippen LogP contribution in [0.2, 0.25) is 0 Å². The lowest BCUT2D eigenvalue weighted by molar-refractivity contribution is 0.238. The van der Waals surface area contributed by atoms with Crippen LogP contribution in [0.3, 0.4) is 0 Å². The average Bonchev–Trinajstić information content (AvgIpc) is 3.12. The lowest BCUT2D eigenvalue weighted by Crippen LogP contribution is -2.30. The third kappa shape index (κ3) is 2.76. The number of aliphatic imine (C=N–C) groups is 2. The molecule has 0 bridgehead atoms. The molecule has 1 aliphatic heterocycles. The lowest BCUT2D eigenvalue weighted by atomic mass is 10.0. The zero-order valence-electron chi connectivity index (χ0n) is 11.5. The Labute approximate surface area is 131 Å². The van der Waals surface area contributed by atoms with Crippen LogP contribution in [0.15, 0.2) is 20.9 Å². The van der Waals surface area contributed by atoms with Gasteiger partial charge in [-0.1, -0.05) is 16.8 Å². The van der Waals surface area contributed by atoms with E-state index in [2.05, 4.69) is 31.7 Å². The quantitative estimate of drug-likeness (QED) is 0.811. The molecule has 6 nitrogen and oxygen atoms in total. The maximum absolute atomic E-state index is 6.23. The first kappa shape index (κ1) is 14.4. The van der Waals surface area contributed by atoms with Crippen molar-refractivity contribution < 1.29 is 4.52 Å². The Morgan fingerprint density at radius 2 is 2.48 bits per heavy atom. The molecule has 0 N–H and O–H groups in total. The minimum absolute atomic E-state index is 0.501. The van der Waals surface area contributed by atoms with E-state index in [0.717, 1.165) is 30.1 Å². The maximum Gasteiger partial charge on any atom is 0.213 e. The summed E-state index contributed by atoms with van der Waals surface area (Å²) in [6.45, 7) is 6.05. The van der Waals surface area contributed by atoms with Crippen LogP contribution in [-0.2, 0) is 19.5 Å². The molecule has 2 aromatic heterocycles. The zero-order chi connectivity index (χ0) is 14.8. The second-order valence-corrected chi connectivity index (χ2v) is 6.11. The first-order valence-corrected chi connectivity index (χ1v) is 7.64. The molecule has 0 saturated carbocycles. The van der Waals surface area contributed by atoms with Gasteiger partial charge in [-0.15, -0.1) is 11.3 Å². The minimum atomic E-state index is 0.501. The van der Waals surface area contributed by atoms with E-state index in [9.17, 15) is 0 Å². The summed E-state index contributed by atoms with van der Waals surface area (Å²) in [5, 5.41) is 5.20. The third-order valence-electron chi connectivity index (χ3n) is 3.44. The number of halogens is 1. The second kappa shape index (κ2) is 6.05. The molecule has 110 valence electrons. The largest absolute Gasteiger partial charge is 0.343 e. The first-order chi connectivity index (χ1) is 10.2. The second-order valence-electron chi connectivity index (χ2n) is 4.66. The standard InChI is InChI=1S/C13H14ClN5OS/c1-15-12(14)11-8-3-4-19(6-10-17-7-20-18-10)5-9(8)21-13(11)16-2/h7H,2-6H2,1H3. The highest BCUT2D eigenvalue weighted by molar-refractivity contribution is 7.16. The van der Waals surface area contributed by atoms with Crippen molar-refractivity contribution in [1.29, 1.82) is 0 Å². The molecular weight excluding hydrogens is 310 g/mol. The van der Waals surface area contributed by atoms with Crippen LogP contribution in [0.5, 0.6) is 0 Å². The van der Waals surface area contributed by atoms with Crippen LogP contribution in [0.4, 0.5) is 5.00 Å². The molecule has 21 heavy (non-hydrogen) atoms. The number of rotatable bonds is 4. The molecule has 3 heterocycles. The first-order valence-electron chi connectivity index (χ1n) is 6.44. The summed E-state index contributed by atoms with van der Waals surface area (Å²) < 4.78 is 4.77. The van der Waals surface area contributed by atoms with Gasteiger partial charge in [-0.25, -0.2) is 0 Å². The monoisotopic (exact) mass is 323 g/mol. The van der Waals surface area contributed by atoms with Crippen molar-refractivity contribution in [3.05, 3.63) is 28.2 Å². The van der Waals surface area contributed by atoms with Gasteiger partial charge in [0.05, 0.1) is 12.1 Å². The Balaban J connectivity index is 1.87. The van der Waals surface area contributed by atoms with Crippen LogP contribution < -0.4 is 0 Å². The van der Waals surface area contributed by atoms with E-state index >= 15 is 0 Å². The summed E-state index contributed by atoms with van der Waals surface area (Å²) >= 11 is 7.85. The SMILES string of the molecule is C=Nc1sc2c(c1C(Cl)=NC)CCN(Cc1ncon1)C2. The molecule has 0 aromatic carbocycles. The Morgan fingerprint density at radius 1 is 1.62 bits per heavy atom. The fourth-order valence-corrected chi connectivity index (χ4v) is 3.93. The van der Waals surface area contributed by atoms with Crippen LogP contribution in [0, 0.1) is 0 Å². The highest BCUT2D eigenvalue weighted by atomic mass is 35.5. The van der Waals surface area contributed by atoms with Gasteiger partial charge in [0.2, 0.25) is 6.39 Å². The van der Waals surface area contributed by atoms with Gasteiger partial charge in [-0.3, -0.25) is 14.9 Å². The van der Waals surface area contributed by atoms with Crippen LogP contribution in [0.25, 0.3) is 0 Å². The van der Waals surface area contributed by atoms with Crippen molar-refractivity contribution in [2.75, 3.05) is 13.6 Å². The van der Waals surface area contributed by atoms with Gasteiger partial charge < -0.3 is 4.52 Å². The summed E-state index contributed by atoms with van der Waals surface area (Å²) in [6, 6.07) is 0. The van der Waals surface area contributed by atoms with Crippen molar-refractivity contribution in [3.8, 4) is 0 Å². The zero-order valence-corrected chi connectivity index (χ0v) is 13.1. The van der Waals surface area contributed by atoms with E-state index in [4.69, 9.17) is 16.1 Å². The molecule has 3 rings (SSSR count). The van der Waals surface area contributed by atoms with Crippen molar-refractivity contribution in [2.45, 2.75) is 19.5 Å². The Morgan fingerprint density at radius 3 is 3.14 bits per heavy atom. The number of hydrogen-bond donors (Lipinski definition) is 0. The normalized spacial score (nSPS) is 16.0. The van der Waals surface area contributed by atoms with Crippen molar-refractivity contribution >= 4 is 39.8 Å². The topological polar surface area (TPSA) is 66.9 Å².